The molecule has 0 saturated carbocycles. The van der Waals surface area contributed by atoms with Gasteiger partial charge < -0.3 is 5.73 Å². The van der Waals surface area contributed by atoms with Crippen LogP contribution in [0.4, 0.5) is 4.39 Å². The fourth-order valence-electron chi connectivity index (χ4n) is 1.57. The lowest BCUT2D eigenvalue weighted by Gasteiger charge is -2.28. The van der Waals surface area contributed by atoms with Gasteiger partial charge in [0.15, 0.2) is 0 Å². The molecule has 19 heavy (non-hydrogen) atoms. The maximum absolute atomic E-state index is 13.5. The maximum Gasteiger partial charge on any atom is 0.245 e. The lowest BCUT2D eigenvalue weighted by atomic mass is 9.94. The molecule has 0 fully saturated rings. The second-order valence-electron chi connectivity index (χ2n) is 5.06. The minimum atomic E-state index is -3.81. The zero-order chi connectivity index (χ0) is 14.0. The van der Waals surface area contributed by atoms with Gasteiger partial charge in [-0.25, -0.2) is 17.1 Å². The predicted octanol–water partition coefficient (Wildman–Crippen LogP) is 1.85. The molecule has 0 amide bonds. The minimum absolute atomic E-state index is 0. The smallest absolute Gasteiger partial charge is 0.245 e. The largest absolute Gasteiger partial charge is 0.330 e. The normalized spacial score (nSPS) is 12.3. The van der Waals surface area contributed by atoms with Gasteiger partial charge in [-0.3, -0.25) is 0 Å². The Kier molecular flexibility index (Phi) is 6.41. The minimum Gasteiger partial charge on any atom is -0.330 e. The summed E-state index contributed by atoms with van der Waals surface area (Å²) in [5.41, 5.74) is 5.22. The highest BCUT2D eigenvalue weighted by Crippen LogP contribution is 2.22. The van der Waals surface area contributed by atoms with E-state index in [4.69, 9.17) is 5.73 Å². The molecular weight excluding hydrogens is 291 g/mol. The Bertz CT molecular complexity index is 520. The van der Waals surface area contributed by atoms with Crippen LogP contribution < -0.4 is 5.73 Å². The quantitative estimate of drug-likeness (QED) is 0.903. The Morgan fingerprint density at radius 3 is 2.32 bits per heavy atom. The molecule has 4 nitrogen and oxygen atoms in total. The third-order valence-electron chi connectivity index (χ3n) is 2.73. The van der Waals surface area contributed by atoms with Gasteiger partial charge in [-0.2, -0.15) is 0 Å². The zero-order valence-electron chi connectivity index (χ0n) is 11.3. The summed E-state index contributed by atoms with van der Waals surface area (Å²) in [5, 5.41) is 0. The number of halogens is 2. The Hall–Kier alpha value is -0.690. The van der Waals surface area contributed by atoms with Crippen LogP contribution in [0.5, 0.6) is 0 Å². The van der Waals surface area contributed by atoms with Gasteiger partial charge in [-0.1, -0.05) is 26.0 Å². The first kappa shape index (κ1) is 18.3. The molecular formula is C12H20ClFN2O2S. The van der Waals surface area contributed by atoms with Crippen molar-refractivity contribution < 1.29 is 12.8 Å². The average Bonchev–Trinajstić information content (AvgIpc) is 2.28. The number of rotatable bonds is 5. The van der Waals surface area contributed by atoms with Crippen molar-refractivity contribution in [2.75, 3.05) is 20.1 Å². The first-order valence-electron chi connectivity index (χ1n) is 5.62. The van der Waals surface area contributed by atoms with Gasteiger partial charge in [-0.15, -0.1) is 12.4 Å². The van der Waals surface area contributed by atoms with E-state index >= 15 is 0 Å². The zero-order valence-corrected chi connectivity index (χ0v) is 12.9. The first-order valence-corrected chi connectivity index (χ1v) is 7.06. The molecule has 1 rings (SSSR count). The van der Waals surface area contributed by atoms with Gasteiger partial charge in [0.1, 0.15) is 10.7 Å². The Morgan fingerprint density at radius 2 is 1.84 bits per heavy atom. The molecule has 2 N–H and O–H groups in total. The van der Waals surface area contributed by atoms with E-state index in [1.165, 1.54) is 25.2 Å². The summed E-state index contributed by atoms with van der Waals surface area (Å²) in [6.45, 7) is 4.31. The highest BCUT2D eigenvalue weighted by atomic mass is 35.5. The second kappa shape index (κ2) is 6.65. The van der Waals surface area contributed by atoms with E-state index in [0.717, 1.165) is 10.4 Å². The molecule has 0 atom stereocenters. The summed E-state index contributed by atoms with van der Waals surface area (Å²) in [6, 6.07) is 5.35. The van der Waals surface area contributed by atoms with Crippen LogP contribution in [-0.2, 0) is 10.0 Å². The molecule has 1 aromatic carbocycles. The molecule has 0 aromatic heterocycles. The van der Waals surface area contributed by atoms with E-state index in [9.17, 15) is 12.8 Å². The monoisotopic (exact) mass is 310 g/mol. The molecule has 0 heterocycles. The van der Waals surface area contributed by atoms with Crippen LogP contribution in [0.1, 0.15) is 13.8 Å². The van der Waals surface area contributed by atoms with Crippen molar-refractivity contribution in [3.63, 3.8) is 0 Å². The van der Waals surface area contributed by atoms with E-state index in [0.29, 0.717) is 6.54 Å². The molecule has 110 valence electrons. The van der Waals surface area contributed by atoms with Crippen LogP contribution in [0.15, 0.2) is 29.2 Å². The van der Waals surface area contributed by atoms with Crippen molar-refractivity contribution >= 4 is 22.4 Å². The summed E-state index contributed by atoms with van der Waals surface area (Å²) in [4.78, 5) is -0.305. The van der Waals surface area contributed by atoms with E-state index in [-0.39, 0.29) is 29.3 Å². The van der Waals surface area contributed by atoms with Gasteiger partial charge in [0.25, 0.3) is 0 Å². The molecule has 0 spiro atoms. The Balaban J connectivity index is 0.00000324. The van der Waals surface area contributed by atoms with Crippen molar-refractivity contribution in [3.05, 3.63) is 30.1 Å². The van der Waals surface area contributed by atoms with Crippen LogP contribution in [0.25, 0.3) is 0 Å². The molecule has 0 aliphatic carbocycles. The predicted molar refractivity (Wildman–Crippen MR) is 76.3 cm³/mol. The number of hydrogen-bond acceptors (Lipinski definition) is 3. The number of sulfonamides is 1. The van der Waals surface area contributed by atoms with E-state index in [2.05, 4.69) is 0 Å². The van der Waals surface area contributed by atoms with Gasteiger partial charge in [-0.05, 0) is 24.1 Å². The third-order valence-corrected chi connectivity index (χ3v) is 4.56. The van der Waals surface area contributed by atoms with Crippen LogP contribution in [0.2, 0.25) is 0 Å². The van der Waals surface area contributed by atoms with Crippen molar-refractivity contribution in [1.29, 1.82) is 0 Å². The third kappa shape index (κ3) is 4.42. The molecule has 0 radical (unpaired) electrons. The molecule has 0 bridgehead atoms. The molecule has 0 aliphatic rings. The van der Waals surface area contributed by atoms with Crippen LogP contribution in [0, 0.1) is 11.2 Å². The summed E-state index contributed by atoms with van der Waals surface area (Å²) < 4.78 is 39.1. The molecule has 0 aliphatic heterocycles. The lowest BCUT2D eigenvalue weighted by molar-refractivity contribution is 0.291. The summed E-state index contributed by atoms with van der Waals surface area (Å²) >= 11 is 0. The maximum atomic E-state index is 13.5. The van der Waals surface area contributed by atoms with Crippen molar-refractivity contribution in [2.24, 2.45) is 11.1 Å². The lowest BCUT2D eigenvalue weighted by Crippen LogP contribution is -2.39. The Labute approximate surface area is 120 Å². The first-order chi connectivity index (χ1) is 8.20. The highest BCUT2D eigenvalue weighted by Gasteiger charge is 2.28. The summed E-state index contributed by atoms with van der Waals surface area (Å²) in [6.07, 6.45) is 0. The number of nitrogens with two attached hydrogens (primary N) is 1. The fourth-order valence-corrected chi connectivity index (χ4v) is 2.99. The molecule has 7 heteroatoms. The van der Waals surface area contributed by atoms with Crippen molar-refractivity contribution in [3.8, 4) is 0 Å². The van der Waals surface area contributed by atoms with Gasteiger partial charge in [0, 0.05) is 13.6 Å². The molecule has 0 saturated heterocycles. The number of benzene rings is 1. The number of nitrogens with zero attached hydrogens (tertiary/aromatic N) is 1. The van der Waals surface area contributed by atoms with Crippen LogP contribution in [0.3, 0.4) is 0 Å². The van der Waals surface area contributed by atoms with Crippen molar-refractivity contribution in [2.45, 2.75) is 18.7 Å². The standard InChI is InChI=1S/C12H19FN2O2S.ClH/c1-12(2,8-14)9-15(3)18(16,17)11-7-5-4-6-10(11)13;/h4-7H,8-9,14H2,1-3H3;1H. The second-order valence-corrected chi connectivity index (χ2v) is 7.07. The summed E-state index contributed by atoms with van der Waals surface area (Å²) in [5.74, 6) is -0.741. The number of hydrogen-bond donors (Lipinski definition) is 1. The Morgan fingerprint density at radius 1 is 1.32 bits per heavy atom. The van der Waals surface area contributed by atoms with E-state index in [1.807, 2.05) is 13.8 Å². The van der Waals surface area contributed by atoms with E-state index < -0.39 is 15.8 Å². The van der Waals surface area contributed by atoms with Crippen LogP contribution in [-0.4, -0.2) is 32.9 Å². The van der Waals surface area contributed by atoms with Crippen LogP contribution >= 0.6 is 12.4 Å². The van der Waals surface area contributed by atoms with Crippen molar-refractivity contribution in [1.82, 2.24) is 4.31 Å². The summed E-state index contributed by atoms with van der Waals surface area (Å²) in [7, 11) is -2.38. The van der Waals surface area contributed by atoms with Gasteiger partial charge in [0.05, 0.1) is 0 Å². The van der Waals surface area contributed by atoms with Gasteiger partial charge >= 0.3 is 0 Å². The highest BCUT2D eigenvalue weighted by molar-refractivity contribution is 7.89. The SMILES string of the molecule is CN(CC(C)(C)CN)S(=O)(=O)c1ccccc1F.Cl. The molecule has 1 aromatic rings. The molecule has 0 unspecified atom stereocenters. The average molecular weight is 311 g/mol. The topological polar surface area (TPSA) is 63.4 Å². The van der Waals surface area contributed by atoms with Gasteiger partial charge in [0.2, 0.25) is 10.0 Å². The fraction of sp³-hybridized carbons (Fsp3) is 0.500. The van der Waals surface area contributed by atoms with E-state index in [1.54, 1.807) is 0 Å².